The average molecular weight is 537 g/mol. The van der Waals surface area contributed by atoms with E-state index >= 15 is 0 Å². The molecule has 4 rings (SSSR count). The van der Waals surface area contributed by atoms with Gasteiger partial charge in [-0.1, -0.05) is 31.0 Å². The quantitative estimate of drug-likeness (QED) is 0.345. The molecule has 1 aromatic carbocycles. The third kappa shape index (κ3) is 6.62. The van der Waals surface area contributed by atoms with Gasteiger partial charge < -0.3 is 25.0 Å². The monoisotopic (exact) mass is 537 g/mol. The van der Waals surface area contributed by atoms with Crippen molar-refractivity contribution in [3.8, 4) is 11.5 Å². The molecule has 1 atom stereocenters. The summed E-state index contributed by atoms with van der Waals surface area (Å²) < 4.78 is 11.7. The summed E-state index contributed by atoms with van der Waals surface area (Å²) in [5, 5.41) is 6.66. The lowest BCUT2D eigenvalue weighted by Crippen LogP contribution is -2.45. The van der Waals surface area contributed by atoms with Gasteiger partial charge in [-0.25, -0.2) is 4.98 Å². The summed E-state index contributed by atoms with van der Waals surface area (Å²) >= 11 is 0. The minimum atomic E-state index is -0.0620. The standard InChI is InChI=1S/C23H31N5O2.HI/c1-24-23(27-16-19-17-29-20-8-4-5-9-21(20)30-19)26-15-18-10-11-22(25-14-18)28-12-6-2-3-7-13-28;/h4-5,8-11,14,19H,2-3,6-7,12-13,15-17H2,1H3,(H2,24,26,27);1H. The zero-order valence-electron chi connectivity index (χ0n) is 18.0. The van der Waals surface area contributed by atoms with Crippen LogP contribution in [0.3, 0.4) is 0 Å². The number of aliphatic imine (C=N–C) groups is 1. The van der Waals surface area contributed by atoms with Crippen LogP contribution in [0.2, 0.25) is 0 Å². The lowest BCUT2D eigenvalue weighted by molar-refractivity contribution is 0.0936. The second-order valence-electron chi connectivity index (χ2n) is 7.73. The van der Waals surface area contributed by atoms with Gasteiger partial charge in [0, 0.05) is 32.9 Å². The van der Waals surface area contributed by atoms with Gasteiger partial charge in [-0.2, -0.15) is 0 Å². The molecule has 2 aliphatic rings. The fourth-order valence-electron chi connectivity index (χ4n) is 3.79. The highest BCUT2D eigenvalue weighted by atomic mass is 127. The van der Waals surface area contributed by atoms with Crippen LogP contribution in [-0.2, 0) is 6.54 Å². The molecule has 168 valence electrons. The number of anilines is 1. The number of pyridine rings is 1. The lowest BCUT2D eigenvalue weighted by Gasteiger charge is -2.27. The predicted octanol–water partition coefficient (Wildman–Crippen LogP) is 3.59. The highest BCUT2D eigenvalue weighted by Crippen LogP contribution is 2.30. The van der Waals surface area contributed by atoms with Crippen LogP contribution in [0.15, 0.2) is 47.6 Å². The van der Waals surface area contributed by atoms with Gasteiger partial charge >= 0.3 is 0 Å². The molecule has 0 amide bonds. The van der Waals surface area contributed by atoms with Crippen molar-refractivity contribution >= 4 is 35.8 Å². The molecule has 1 aromatic heterocycles. The second kappa shape index (κ2) is 12.0. The molecule has 0 saturated carbocycles. The third-order valence-corrected chi connectivity index (χ3v) is 5.49. The van der Waals surface area contributed by atoms with E-state index in [1.165, 1.54) is 25.7 Å². The first-order valence-corrected chi connectivity index (χ1v) is 10.8. The van der Waals surface area contributed by atoms with Gasteiger partial charge in [-0.05, 0) is 36.6 Å². The molecule has 0 radical (unpaired) electrons. The zero-order valence-corrected chi connectivity index (χ0v) is 20.4. The van der Waals surface area contributed by atoms with Crippen LogP contribution >= 0.6 is 24.0 Å². The number of guanidine groups is 1. The van der Waals surface area contributed by atoms with Crippen molar-refractivity contribution in [3.05, 3.63) is 48.2 Å². The van der Waals surface area contributed by atoms with E-state index in [1.54, 1.807) is 7.05 Å². The molecule has 2 aromatic rings. The smallest absolute Gasteiger partial charge is 0.191 e. The molecular formula is C23H32IN5O2. The normalized spacial score (nSPS) is 18.5. The molecule has 0 spiro atoms. The van der Waals surface area contributed by atoms with E-state index in [9.17, 15) is 0 Å². The van der Waals surface area contributed by atoms with Crippen LogP contribution in [0.25, 0.3) is 0 Å². The topological polar surface area (TPSA) is 71.0 Å². The summed E-state index contributed by atoms with van der Waals surface area (Å²) in [4.78, 5) is 11.4. The molecule has 1 saturated heterocycles. The van der Waals surface area contributed by atoms with Crippen molar-refractivity contribution in [3.63, 3.8) is 0 Å². The Labute approximate surface area is 201 Å². The van der Waals surface area contributed by atoms with E-state index in [0.717, 1.165) is 41.9 Å². The Hall–Kier alpha value is -2.23. The van der Waals surface area contributed by atoms with Crippen molar-refractivity contribution < 1.29 is 9.47 Å². The van der Waals surface area contributed by atoms with Crippen LogP contribution < -0.4 is 25.0 Å². The fraction of sp³-hybridized carbons (Fsp3) is 0.478. The maximum Gasteiger partial charge on any atom is 0.191 e. The maximum absolute atomic E-state index is 5.98. The van der Waals surface area contributed by atoms with Crippen LogP contribution in [0, 0.1) is 0 Å². The van der Waals surface area contributed by atoms with E-state index in [2.05, 4.69) is 37.6 Å². The molecule has 1 unspecified atom stereocenters. The number of fused-ring (bicyclic) bond motifs is 1. The first kappa shape index (κ1) is 23.4. The molecule has 0 aliphatic carbocycles. The lowest BCUT2D eigenvalue weighted by atomic mass is 10.2. The largest absolute Gasteiger partial charge is 0.486 e. The Morgan fingerprint density at radius 3 is 2.55 bits per heavy atom. The first-order chi connectivity index (χ1) is 14.8. The van der Waals surface area contributed by atoms with Gasteiger partial charge in [0.15, 0.2) is 17.5 Å². The summed E-state index contributed by atoms with van der Waals surface area (Å²) in [6, 6.07) is 12.0. The Morgan fingerprint density at radius 1 is 1.06 bits per heavy atom. The van der Waals surface area contributed by atoms with Crippen molar-refractivity contribution in [2.45, 2.75) is 38.3 Å². The summed E-state index contributed by atoms with van der Waals surface area (Å²) in [7, 11) is 1.77. The van der Waals surface area contributed by atoms with Crippen LogP contribution in [0.4, 0.5) is 5.82 Å². The minimum Gasteiger partial charge on any atom is -0.486 e. The average Bonchev–Trinajstić information content (AvgIpc) is 3.09. The Kier molecular flexibility index (Phi) is 9.05. The summed E-state index contributed by atoms with van der Waals surface area (Å²) in [6.45, 7) is 4.01. The number of rotatable bonds is 5. The molecular weight excluding hydrogens is 505 g/mol. The van der Waals surface area contributed by atoms with Gasteiger partial charge in [0.1, 0.15) is 18.5 Å². The summed E-state index contributed by atoms with van der Waals surface area (Å²) in [5.41, 5.74) is 1.13. The van der Waals surface area contributed by atoms with Gasteiger partial charge in [-0.15, -0.1) is 24.0 Å². The summed E-state index contributed by atoms with van der Waals surface area (Å²) in [6.07, 6.45) is 7.07. The number of ether oxygens (including phenoxy) is 2. The number of aromatic nitrogens is 1. The first-order valence-electron chi connectivity index (χ1n) is 10.8. The molecule has 7 nitrogen and oxygen atoms in total. The zero-order chi connectivity index (χ0) is 20.6. The Morgan fingerprint density at radius 2 is 1.84 bits per heavy atom. The highest BCUT2D eigenvalue weighted by molar-refractivity contribution is 14.0. The van der Waals surface area contributed by atoms with E-state index in [-0.39, 0.29) is 30.1 Å². The van der Waals surface area contributed by atoms with Crippen molar-refractivity contribution in [1.82, 2.24) is 15.6 Å². The van der Waals surface area contributed by atoms with Gasteiger partial charge in [0.2, 0.25) is 0 Å². The van der Waals surface area contributed by atoms with E-state index in [1.807, 2.05) is 30.5 Å². The number of hydrogen-bond donors (Lipinski definition) is 2. The number of nitrogens with zero attached hydrogens (tertiary/aromatic N) is 3. The van der Waals surface area contributed by atoms with Gasteiger partial charge in [-0.3, -0.25) is 4.99 Å². The number of benzene rings is 1. The van der Waals surface area contributed by atoms with E-state index in [0.29, 0.717) is 19.7 Å². The van der Waals surface area contributed by atoms with E-state index in [4.69, 9.17) is 9.47 Å². The Bertz CT molecular complexity index is 838. The number of hydrogen-bond acceptors (Lipinski definition) is 5. The molecule has 31 heavy (non-hydrogen) atoms. The van der Waals surface area contributed by atoms with E-state index < -0.39 is 0 Å². The minimum absolute atomic E-state index is 0. The number of nitrogens with one attached hydrogen (secondary N) is 2. The van der Waals surface area contributed by atoms with Crippen molar-refractivity contribution in [1.29, 1.82) is 0 Å². The van der Waals surface area contributed by atoms with Crippen LogP contribution in [0.1, 0.15) is 31.2 Å². The SMILES string of the molecule is CN=C(NCc1ccc(N2CCCCCC2)nc1)NCC1COc2ccccc2O1.I. The van der Waals surface area contributed by atoms with Gasteiger partial charge in [0.25, 0.3) is 0 Å². The van der Waals surface area contributed by atoms with Crippen molar-refractivity contribution in [2.75, 3.05) is 38.2 Å². The number of para-hydroxylation sites is 2. The summed E-state index contributed by atoms with van der Waals surface area (Å²) in [5.74, 6) is 3.40. The molecule has 2 N–H and O–H groups in total. The number of halogens is 1. The third-order valence-electron chi connectivity index (χ3n) is 5.49. The second-order valence-corrected chi connectivity index (χ2v) is 7.73. The Balaban J connectivity index is 0.00000272. The van der Waals surface area contributed by atoms with Crippen LogP contribution in [0.5, 0.6) is 11.5 Å². The molecule has 3 heterocycles. The van der Waals surface area contributed by atoms with Crippen molar-refractivity contribution in [2.24, 2.45) is 4.99 Å². The molecule has 8 heteroatoms. The maximum atomic E-state index is 5.98. The molecule has 1 fully saturated rings. The van der Waals surface area contributed by atoms with Crippen LogP contribution in [-0.4, -0.2) is 50.3 Å². The molecule has 2 aliphatic heterocycles. The molecule has 0 bridgehead atoms. The predicted molar refractivity (Wildman–Crippen MR) is 135 cm³/mol. The highest BCUT2D eigenvalue weighted by Gasteiger charge is 2.20. The fourth-order valence-corrected chi connectivity index (χ4v) is 3.79. The van der Waals surface area contributed by atoms with Gasteiger partial charge in [0.05, 0.1) is 6.54 Å².